The molecule has 0 bridgehead atoms. The number of hydrogen-bond donors (Lipinski definition) is 2. The number of benzene rings is 1. The number of carboxylic acid groups (broad SMARTS) is 2. The topological polar surface area (TPSA) is 102 Å². The molecule has 2 N–H and O–H groups in total. The molecule has 0 fully saturated rings. The van der Waals surface area contributed by atoms with E-state index in [1.54, 1.807) is 0 Å². The summed E-state index contributed by atoms with van der Waals surface area (Å²) in [5.41, 5.74) is 0.311. The van der Waals surface area contributed by atoms with E-state index in [4.69, 9.17) is 24.4 Å². The van der Waals surface area contributed by atoms with E-state index in [0.29, 0.717) is 17.1 Å². The summed E-state index contributed by atoms with van der Waals surface area (Å²) in [6.45, 7) is -0.567. The van der Waals surface area contributed by atoms with E-state index in [9.17, 15) is 9.59 Å². The Bertz CT molecular complexity index is 481. The van der Waals surface area contributed by atoms with Crippen LogP contribution in [0.15, 0.2) is 12.1 Å². The molecule has 0 saturated carbocycles. The first kappa shape index (κ1) is 14.6. The number of methoxy groups -OCH3 is 2. The van der Waals surface area contributed by atoms with Crippen LogP contribution in [-0.4, -0.2) is 43.0 Å². The lowest BCUT2D eigenvalue weighted by molar-refractivity contribution is -0.139. The van der Waals surface area contributed by atoms with E-state index in [-0.39, 0.29) is 12.2 Å². The van der Waals surface area contributed by atoms with Crippen LogP contribution in [0.1, 0.15) is 5.56 Å². The standard InChI is InChI=1S/C12H14O7/c1-17-9-3-7(4-11(13)14)8(5-10(9)18-2)19-6-12(15)16/h3,5H,4,6H2,1-2H3,(H,13,14)(H,15,16). The van der Waals surface area contributed by atoms with Gasteiger partial charge in [0.05, 0.1) is 20.6 Å². The molecule has 1 rings (SSSR count). The van der Waals surface area contributed by atoms with Crippen molar-refractivity contribution in [1.82, 2.24) is 0 Å². The fraction of sp³-hybridized carbons (Fsp3) is 0.333. The zero-order valence-corrected chi connectivity index (χ0v) is 10.5. The number of carbonyl (C=O) groups is 2. The molecule has 0 aliphatic rings. The van der Waals surface area contributed by atoms with Crippen molar-refractivity contribution in [1.29, 1.82) is 0 Å². The van der Waals surface area contributed by atoms with Gasteiger partial charge in [0.1, 0.15) is 5.75 Å². The predicted octanol–water partition coefficient (Wildman–Crippen LogP) is 0.794. The maximum absolute atomic E-state index is 10.8. The second kappa shape index (κ2) is 6.48. The molecule has 1 aromatic rings. The zero-order chi connectivity index (χ0) is 14.4. The Morgan fingerprint density at radius 1 is 1.00 bits per heavy atom. The first-order valence-electron chi connectivity index (χ1n) is 5.29. The molecular formula is C12H14O7. The van der Waals surface area contributed by atoms with Crippen LogP contribution in [0.5, 0.6) is 17.2 Å². The Morgan fingerprint density at radius 3 is 2.05 bits per heavy atom. The summed E-state index contributed by atoms with van der Waals surface area (Å²) in [4.78, 5) is 21.3. The van der Waals surface area contributed by atoms with Crippen molar-refractivity contribution in [2.24, 2.45) is 0 Å². The zero-order valence-electron chi connectivity index (χ0n) is 10.5. The fourth-order valence-electron chi connectivity index (χ4n) is 1.48. The fourth-order valence-corrected chi connectivity index (χ4v) is 1.48. The van der Waals surface area contributed by atoms with Gasteiger partial charge in [0.25, 0.3) is 0 Å². The molecule has 0 amide bonds. The van der Waals surface area contributed by atoms with Crippen LogP contribution < -0.4 is 14.2 Å². The van der Waals surface area contributed by atoms with Crippen molar-refractivity contribution in [2.75, 3.05) is 20.8 Å². The Balaban J connectivity index is 3.14. The van der Waals surface area contributed by atoms with Crippen molar-refractivity contribution in [3.63, 3.8) is 0 Å². The van der Waals surface area contributed by atoms with Crippen LogP contribution in [0.2, 0.25) is 0 Å². The summed E-state index contributed by atoms with van der Waals surface area (Å²) in [7, 11) is 2.83. The summed E-state index contributed by atoms with van der Waals surface area (Å²) in [5.74, 6) is -1.40. The summed E-state index contributed by atoms with van der Waals surface area (Å²) >= 11 is 0. The van der Waals surface area contributed by atoms with Gasteiger partial charge in [-0.25, -0.2) is 4.79 Å². The first-order chi connectivity index (χ1) is 8.97. The monoisotopic (exact) mass is 270 g/mol. The minimum Gasteiger partial charge on any atom is -0.493 e. The van der Waals surface area contributed by atoms with Crippen LogP contribution >= 0.6 is 0 Å². The Morgan fingerprint density at radius 2 is 1.58 bits per heavy atom. The van der Waals surface area contributed by atoms with Gasteiger partial charge in [-0.15, -0.1) is 0 Å². The van der Waals surface area contributed by atoms with Crippen molar-refractivity contribution in [3.8, 4) is 17.2 Å². The summed E-state index contributed by atoms with van der Waals surface area (Å²) in [5, 5.41) is 17.4. The normalized spacial score (nSPS) is 9.79. The molecule has 0 heterocycles. The third kappa shape index (κ3) is 4.06. The molecule has 0 spiro atoms. The van der Waals surface area contributed by atoms with Gasteiger partial charge in [-0.2, -0.15) is 0 Å². The maximum atomic E-state index is 10.8. The van der Waals surface area contributed by atoms with Crippen LogP contribution in [-0.2, 0) is 16.0 Å². The molecule has 1 aromatic carbocycles. The Labute approximate surface area is 109 Å². The van der Waals surface area contributed by atoms with E-state index >= 15 is 0 Å². The Hall–Kier alpha value is -2.44. The second-order valence-corrected chi connectivity index (χ2v) is 3.57. The van der Waals surface area contributed by atoms with E-state index in [2.05, 4.69) is 0 Å². The van der Waals surface area contributed by atoms with Gasteiger partial charge in [0, 0.05) is 11.6 Å². The second-order valence-electron chi connectivity index (χ2n) is 3.57. The van der Waals surface area contributed by atoms with E-state index in [1.807, 2.05) is 0 Å². The number of ether oxygens (including phenoxy) is 3. The lowest BCUT2D eigenvalue weighted by Crippen LogP contribution is -2.12. The largest absolute Gasteiger partial charge is 0.493 e. The number of carboxylic acids is 2. The Kier molecular flexibility index (Phi) is 4.99. The molecule has 0 aromatic heterocycles. The summed E-state index contributed by atoms with van der Waals surface area (Å²) in [6, 6.07) is 2.85. The third-order valence-corrected chi connectivity index (χ3v) is 2.26. The average molecular weight is 270 g/mol. The SMILES string of the molecule is COc1cc(CC(=O)O)c(OCC(=O)O)cc1OC. The van der Waals surface area contributed by atoms with Gasteiger partial charge in [0.2, 0.25) is 0 Å². The van der Waals surface area contributed by atoms with Crippen LogP contribution in [0.3, 0.4) is 0 Å². The molecule has 7 heteroatoms. The van der Waals surface area contributed by atoms with Crippen molar-refractivity contribution in [3.05, 3.63) is 17.7 Å². The van der Waals surface area contributed by atoms with Gasteiger partial charge in [-0.05, 0) is 6.07 Å². The van der Waals surface area contributed by atoms with Crippen LogP contribution in [0, 0.1) is 0 Å². The molecule has 0 radical (unpaired) electrons. The molecule has 0 saturated heterocycles. The van der Waals surface area contributed by atoms with Crippen molar-refractivity contribution in [2.45, 2.75) is 6.42 Å². The van der Waals surface area contributed by atoms with Crippen LogP contribution in [0.4, 0.5) is 0 Å². The lowest BCUT2D eigenvalue weighted by atomic mass is 10.1. The molecule has 0 atom stereocenters. The number of hydrogen-bond acceptors (Lipinski definition) is 5. The highest BCUT2D eigenvalue weighted by atomic mass is 16.5. The number of aliphatic carboxylic acids is 2. The van der Waals surface area contributed by atoms with Gasteiger partial charge in [-0.3, -0.25) is 4.79 Å². The van der Waals surface area contributed by atoms with Gasteiger partial charge in [-0.1, -0.05) is 0 Å². The molecule has 104 valence electrons. The van der Waals surface area contributed by atoms with E-state index in [0.717, 1.165) is 0 Å². The van der Waals surface area contributed by atoms with Crippen molar-refractivity contribution >= 4 is 11.9 Å². The lowest BCUT2D eigenvalue weighted by Gasteiger charge is -2.14. The predicted molar refractivity (Wildman–Crippen MR) is 64.0 cm³/mol. The first-order valence-corrected chi connectivity index (χ1v) is 5.29. The molecule has 19 heavy (non-hydrogen) atoms. The molecule has 7 nitrogen and oxygen atoms in total. The highest BCUT2D eigenvalue weighted by Gasteiger charge is 2.15. The summed E-state index contributed by atoms with van der Waals surface area (Å²) < 4.78 is 15.1. The van der Waals surface area contributed by atoms with Gasteiger partial charge in [0.15, 0.2) is 18.1 Å². The minimum absolute atomic E-state index is 0.141. The smallest absolute Gasteiger partial charge is 0.341 e. The molecule has 0 unspecified atom stereocenters. The number of rotatable bonds is 7. The average Bonchev–Trinajstić information content (AvgIpc) is 2.35. The maximum Gasteiger partial charge on any atom is 0.341 e. The highest BCUT2D eigenvalue weighted by molar-refractivity contribution is 5.73. The van der Waals surface area contributed by atoms with Gasteiger partial charge < -0.3 is 24.4 Å². The highest BCUT2D eigenvalue weighted by Crippen LogP contribution is 2.35. The van der Waals surface area contributed by atoms with Crippen molar-refractivity contribution < 1.29 is 34.0 Å². The quantitative estimate of drug-likeness (QED) is 0.755. The minimum atomic E-state index is -1.16. The summed E-state index contributed by atoms with van der Waals surface area (Å²) in [6.07, 6.45) is -0.310. The molecule has 0 aliphatic carbocycles. The molecule has 0 aliphatic heterocycles. The van der Waals surface area contributed by atoms with Crippen LogP contribution in [0.25, 0.3) is 0 Å². The van der Waals surface area contributed by atoms with Gasteiger partial charge >= 0.3 is 11.9 Å². The third-order valence-electron chi connectivity index (χ3n) is 2.26. The van der Waals surface area contributed by atoms with E-state index < -0.39 is 18.5 Å². The molecular weight excluding hydrogens is 256 g/mol. The van der Waals surface area contributed by atoms with E-state index in [1.165, 1.54) is 26.4 Å².